The number of nitrogens with one attached hydrogen (secondary N) is 2. The minimum absolute atomic E-state index is 0.154. The lowest BCUT2D eigenvalue weighted by Crippen LogP contribution is -2.51. The van der Waals surface area contributed by atoms with Gasteiger partial charge in [-0.3, -0.25) is 4.98 Å². The Hall–Kier alpha value is -4.14. The van der Waals surface area contributed by atoms with E-state index in [-0.39, 0.29) is 12.1 Å². The third kappa shape index (κ3) is 2.88. The molecular formula is C28H23N7O. The largest absolute Gasteiger partial charge is 0.373 e. The average molecular weight is 474 g/mol. The van der Waals surface area contributed by atoms with Crippen molar-refractivity contribution < 1.29 is 4.74 Å². The van der Waals surface area contributed by atoms with Crippen molar-refractivity contribution in [3.63, 3.8) is 0 Å². The molecule has 6 heterocycles. The number of anilines is 1. The Kier molecular flexibility index (Phi) is 4.29. The third-order valence-electron chi connectivity index (χ3n) is 7.56. The van der Waals surface area contributed by atoms with Crippen LogP contribution in [0.25, 0.3) is 49.8 Å². The van der Waals surface area contributed by atoms with Crippen LogP contribution in [0.3, 0.4) is 0 Å². The van der Waals surface area contributed by atoms with Crippen molar-refractivity contribution in [3.05, 3.63) is 72.7 Å². The van der Waals surface area contributed by atoms with Crippen molar-refractivity contribution >= 4 is 44.2 Å². The maximum atomic E-state index is 6.09. The molecule has 0 bridgehead atoms. The number of rotatable bonds is 3. The van der Waals surface area contributed by atoms with E-state index >= 15 is 0 Å². The van der Waals surface area contributed by atoms with E-state index in [1.165, 1.54) is 0 Å². The lowest BCUT2D eigenvalue weighted by Gasteiger charge is -2.38. The first kappa shape index (κ1) is 20.1. The highest BCUT2D eigenvalue weighted by Crippen LogP contribution is 2.39. The summed E-state index contributed by atoms with van der Waals surface area (Å²) in [4.78, 5) is 25.4. The second-order valence-corrected chi connectivity index (χ2v) is 9.51. The topological polar surface area (TPSA) is 91.8 Å². The number of benzene rings is 1. The monoisotopic (exact) mass is 473 g/mol. The SMILES string of the molecule is C1=CC(c2cncc3nc(-c4ccnc5[nH]c6ccccc6c45)nc(N4CCOC5CNCC54)c23)=C1. The van der Waals surface area contributed by atoms with Crippen LogP contribution >= 0.6 is 0 Å². The van der Waals surface area contributed by atoms with Gasteiger partial charge in [0.05, 0.1) is 35.9 Å². The van der Waals surface area contributed by atoms with Gasteiger partial charge in [0.1, 0.15) is 11.5 Å². The van der Waals surface area contributed by atoms with Gasteiger partial charge in [-0.05, 0) is 17.7 Å². The zero-order chi connectivity index (χ0) is 23.6. The molecule has 0 spiro atoms. The van der Waals surface area contributed by atoms with E-state index in [1.807, 2.05) is 30.7 Å². The van der Waals surface area contributed by atoms with Gasteiger partial charge in [0.2, 0.25) is 0 Å². The van der Waals surface area contributed by atoms with Gasteiger partial charge >= 0.3 is 0 Å². The molecule has 0 saturated carbocycles. The molecule has 2 fully saturated rings. The minimum Gasteiger partial charge on any atom is -0.373 e. The van der Waals surface area contributed by atoms with E-state index in [0.29, 0.717) is 12.4 Å². The van der Waals surface area contributed by atoms with E-state index in [4.69, 9.17) is 14.7 Å². The Morgan fingerprint density at radius 2 is 1.94 bits per heavy atom. The number of nitrogens with zero attached hydrogens (tertiary/aromatic N) is 5. The van der Waals surface area contributed by atoms with E-state index in [0.717, 1.165) is 75.0 Å². The summed E-state index contributed by atoms with van der Waals surface area (Å²) in [6, 6.07) is 10.5. The molecule has 8 rings (SSSR count). The van der Waals surface area contributed by atoms with Gasteiger partial charge in [0.25, 0.3) is 0 Å². The number of morpholine rings is 1. The van der Waals surface area contributed by atoms with Gasteiger partial charge in [-0.25, -0.2) is 15.0 Å². The Morgan fingerprint density at radius 1 is 1.00 bits per heavy atom. The van der Waals surface area contributed by atoms with Gasteiger partial charge in [-0.2, -0.15) is 0 Å². The Balaban J connectivity index is 1.42. The standard InChI is InChI=1S/C28H23N7O/c1-2-7-20-17(6-1)24-18(8-9-31-27(24)32-20)26-33-21-13-29-12-19(16-4-3-5-16)25(21)28(34-26)35-10-11-36-23-15-30-14-22(23)35/h1-9,12-13,22-23,30H,10-11,14-15H2,(H,31,32). The summed E-state index contributed by atoms with van der Waals surface area (Å²) >= 11 is 0. The zero-order valence-electron chi connectivity index (χ0n) is 19.5. The molecule has 2 N–H and O–H groups in total. The molecule has 2 aliphatic heterocycles. The summed E-state index contributed by atoms with van der Waals surface area (Å²) in [6.45, 7) is 3.19. The molecule has 8 nitrogen and oxygen atoms in total. The molecule has 0 amide bonds. The number of pyridine rings is 2. The number of aromatic amines is 1. The minimum atomic E-state index is 0.154. The lowest BCUT2D eigenvalue weighted by atomic mass is 9.96. The molecule has 36 heavy (non-hydrogen) atoms. The maximum absolute atomic E-state index is 6.09. The number of hydrogen-bond acceptors (Lipinski definition) is 7. The molecule has 4 aromatic heterocycles. The van der Waals surface area contributed by atoms with Crippen molar-refractivity contribution in [2.24, 2.45) is 0 Å². The molecule has 8 heteroatoms. The fourth-order valence-corrected chi connectivity index (χ4v) is 5.79. The highest BCUT2D eigenvalue weighted by molar-refractivity contribution is 6.13. The molecule has 3 aliphatic rings. The van der Waals surface area contributed by atoms with Crippen LogP contribution in [-0.2, 0) is 4.74 Å². The third-order valence-corrected chi connectivity index (χ3v) is 7.56. The lowest BCUT2D eigenvalue weighted by molar-refractivity contribution is 0.0348. The summed E-state index contributed by atoms with van der Waals surface area (Å²) in [5.41, 5.74) is 5.91. The average Bonchev–Trinajstić information content (AvgIpc) is 3.51. The number of aromatic nitrogens is 5. The van der Waals surface area contributed by atoms with Gasteiger partial charge in [-0.1, -0.05) is 36.4 Å². The van der Waals surface area contributed by atoms with Crippen LogP contribution in [-0.4, -0.2) is 63.3 Å². The zero-order valence-corrected chi connectivity index (χ0v) is 19.5. The molecule has 0 radical (unpaired) electrons. The summed E-state index contributed by atoms with van der Waals surface area (Å²) in [7, 11) is 0. The number of hydrogen-bond donors (Lipinski definition) is 2. The molecule has 176 valence electrons. The van der Waals surface area contributed by atoms with Crippen LogP contribution in [0.15, 0.2) is 67.2 Å². The number of fused-ring (bicyclic) bond motifs is 5. The van der Waals surface area contributed by atoms with Crippen LogP contribution < -0.4 is 10.2 Å². The first-order valence-corrected chi connectivity index (χ1v) is 12.3. The van der Waals surface area contributed by atoms with Crippen molar-refractivity contribution in [1.29, 1.82) is 0 Å². The predicted molar refractivity (Wildman–Crippen MR) is 141 cm³/mol. The predicted octanol–water partition coefficient (Wildman–Crippen LogP) is 3.85. The molecular weight excluding hydrogens is 450 g/mol. The van der Waals surface area contributed by atoms with E-state index in [2.05, 4.69) is 61.6 Å². The fraction of sp³-hybridized carbons (Fsp3) is 0.214. The normalized spacial score (nSPS) is 21.2. The number of allylic oxidation sites excluding steroid dienone is 4. The van der Waals surface area contributed by atoms with E-state index in [1.54, 1.807) is 0 Å². The summed E-state index contributed by atoms with van der Waals surface area (Å²) in [5, 5.41) is 6.70. The molecule has 5 aromatic rings. The number of ether oxygens (including phenoxy) is 1. The molecule has 1 aliphatic carbocycles. The summed E-state index contributed by atoms with van der Waals surface area (Å²) in [5.74, 6) is 1.63. The highest BCUT2D eigenvalue weighted by atomic mass is 16.5. The van der Waals surface area contributed by atoms with Gasteiger partial charge in [0, 0.05) is 59.4 Å². The number of para-hydroxylation sites is 1. The van der Waals surface area contributed by atoms with Gasteiger partial charge < -0.3 is 19.9 Å². The summed E-state index contributed by atoms with van der Waals surface area (Å²) in [6.07, 6.45) is 12.1. The summed E-state index contributed by atoms with van der Waals surface area (Å²) < 4.78 is 6.09. The second-order valence-electron chi connectivity index (χ2n) is 9.51. The van der Waals surface area contributed by atoms with Gasteiger partial charge in [0.15, 0.2) is 5.82 Å². The Morgan fingerprint density at radius 3 is 2.86 bits per heavy atom. The van der Waals surface area contributed by atoms with Gasteiger partial charge in [-0.15, -0.1) is 0 Å². The molecule has 2 saturated heterocycles. The van der Waals surface area contributed by atoms with Crippen LogP contribution in [0.4, 0.5) is 5.82 Å². The van der Waals surface area contributed by atoms with E-state index in [9.17, 15) is 0 Å². The first-order valence-electron chi connectivity index (χ1n) is 12.3. The van der Waals surface area contributed by atoms with Crippen molar-refractivity contribution in [2.75, 3.05) is 31.1 Å². The van der Waals surface area contributed by atoms with Crippen LogP contribution in [0.5, 0.6) is 0 Å². The Bertz CT molecular complexity index is 1740. The van der Waals surface area contributed by atoms with Crippen molar-refractivity contribution in [3.8, 4) is 11.4 Å². The van der Waals surface area contributed by atoms with Crippen LogP contribution in [0, 0.1) is 0 Å². The first-order chi connectivity index (χ1) is 17.8. The van der Waals surface area contributed by atoms with Crippen molar-refractivity contribution in [2.45, 2.75) is 12.1 Å². The van der Waals surface area contributed by atoms with Crippen LogP contribution in [0.2, 0.25) is 0 Å². The Labute approximate surface area is 206 Å². The smallest absolute Gasteiger partial charge is 0.163 e. The van der Waals surface area contributed by atoms with Crippen LogP contribution in [0.1, 0.15) is 5.56 Å². The molecule has 2 atom stereocenters. The van der Waals surface area contributed by atoms with Crippen molar-refractivity contribution in [1.82, 2.24) is 30.2 Å². The fourth-order valence-electron chi connectivity index (χ4n) is 5.79. The quantitative estimate of drug-likeness (QED) is 0.411. The molecule has 2 unspecified atom stereocenters. The number of H-pyrrole nitrogens is 1. The second kappa shape index (κ2) is 7.68. The molecule has 1 aromatic carbocycles. The highest BCUT2D eigenvalue weighted by Gasteiger charge is 2.38. The van der Waals surface area contributed by atoms with E-state index < -0.39 is 0 Å². The maximum Gasteiger partial charge on any atom is 0.163 e.